The Kier molecular flexibility index (Phi) is 4.72. The van der Waals surface area contributed by atoms with Gasteiger partial charge in [0.1, 0.15) is 17.5 Å². The van der Waals surface area contributed by atoms with Crippen LogP contribution in [0.4, 0.5) is 0 Å². The molecule has 4 atom stereocenters. The number of aliphatic hydroxyl groups is 1. The lowest BCUT2D eigenvalue weighted by molar-refractivity contribution is -0.135. The second kappa shape index (κ2) is 7.35. The van der Waals surface area contributed by atoms with Crippen LogP contribution in [0.15, 0.2) is 47.6 Å². The van der Waals surface area contributed by atoms with Crippen LogP contribution < -0.4 is 4.74 Å². The third-order valence-corrected chi connectivity index (χ3v) is 6.55. The Hall–Kier alpha value is -3.37. The first-order valence-electron chi connectivity index (χ1n) is 10.8. The predicted octanol–water partition coefficient (Wildman–Crippen LogP) is 3.45. The van der Waals surface area contributed by atoms with E-state index in [2.05, 4.69) is 11.2 Å². The lowest BCUT2D eigenvalue weighted by atomic mass is 9.87. The van der Waals surface area contributed by atoms with Gasteiger partial charge in [-0.3, -0.25) is 4.79 Å². The summed E-state index contributed by atoms with van der Waals surface area (Å²) in [5.41, 5.74) is 2.30. The predicted molar refractivity (Wildman–Crippen MR) is 116 cm³/mol. The molecule has 164 valence electrons. The molecule has 0 bridgehead atoms. The minimum atomic E-state index is -0.980. The maximum Gasteiger partial charge on any atom is 0.247 e. The van der Waals surface area contributed by atoms with Crippen LogP contribution in [0.3, 0.4) is 0 Å². The van der Waals surface area contributed by atoms with Crippen molar-refractivity contribution in [2.45, 2.75) is 51.5 Å². The molecular weight excluding hydrogens is 406 g/mol. The number of carbonyl (C=O) groups excluding carboxylic acids is 1. The van der Waals surface area contributed by atoms with Gasteiger partial charge in [-0.1, -0.05) is 24.3 Å². The highest BCUT2D eigenvalue weighted by Gasteiger charge is 2.55. The van der Waals surface area contributed by atoms with Gasteiger partial charge in [0, 0.05) is 11.5 Å². The molecule has 1 N–H and O–H groups in total. The van der Waals surface area contributed by atoms with E-state index in [9.17, 15) is 15.2 Å². The Morgan fingerprint density at radius 2 is 2.06 bits per heavy atom. The van der Waals surface area contributed by atoms with Crippen molar-refractivity contribution in [1.29, 1.82) is 5.26 Å². The van der Waals surface area contributed by atoms with Gasteiger partial charge in [-0.25, -0.2) is 5.01 Å². The zero-order valence-corrected chi connectivity index (χ0v) is 18.3. The molecular formula is C25H25N3O4. The van der Waals surface area contributed by atoms with E-state index in [4.69, 9.17) is 9.47 Å². The number of nitrogens with zero attached hydrogens (tertiary/aromatic N) is 3. The highest BCUT2D eigenvalue weighted by atomic mass is 16.5. The number of aryl methyl sites for hydroxylation is 1. The first kappa shape index (κ1) is 20.5. The third-order valence-electron chi connectivity index (χ3n) is 6.55. The molecule has 2 aromatic rings. The van der Waals surface area contributed by atoms with Gasteiger partial charge >= 0.3 is 0 Å². The van der Waals surface area contributed by atoms with Crippen LogP contribution in [0.1, 0.15) is 48.6 Å². The van der Waals surface area contributed by atoms with Crippen molar-refractivity contribution in [3.8, 4) is 11.8 Å². The molecule has 2 aliphatic heterocycles. The van der Waals surface area contributed by atoms with Gasteiger partial charge in [0.2, 0.25) is 11.8 Å². The van der Waals surface area contributed by atoms with E-state index in [0.717, 1.165) is 11.1 Å². The number of benzene rings is 2. The Morgan fingerprint density at radius 3 is 2.81 bits per heavy atom. The number of nitriles is 1. The molecule has 1 aliphatic carbocycles. The summed E-state index contributed by atoms with van der Waals surface area (Å²) in [6.45, 7) is 5.98. The fourth-order valence-electron chi connectivity index (χ4n) is 4.42. The lowest BCUT2D eigenvalue weighted by Crippen LogP contribution is -2.50. The van der Waals surface area contributed by atoms with Crippen LogP contribution >= 0.6 is 0 Å². The number of aliphatic hydroxyl groups excluding tert-OH is 1. The second-order valence-electron chi connectivity index (χ2n) is 9.26. The molecule has 0 aromatic heterocycles. The smallest absolute Gasteiger partial charge is 0.247 e. The molecule has 1 saturated carbocycles. The van der Waals surface area contributed by atoms with Crippen LogP contribution in [0.5, 0.6) is 5.75 Å². The van der Waals surface area contributed by atoms with Crippen LogP contribution in [-0.4, -0.2) is 33.6 Å². The van der Waals surface area contributed by atoms with E-state index in [0.29, 0.717) is 35.7 Å². The van der Waals surface area contributed by atoms with Gasteiger partial charge in [-0.05, 0) is 56.5 Å². The Balaban J connectivity index is 1.48. The highest BCUT2D eigenvalue weighted by Crippen LogP contribution is 2.48. The van der Waals surface area contributed by atoms with Crippen molar-refractivity contribution in [3.05, 3.63) is 64.7 Å². The number of fused-ring (bicyclic) bond motifs is 2. The summed E-state index contributed by atoms with van der Waals surface area (Å²) >= 11 is 0. The number of carbonyl (C=O) groups is 1. The zero-order valence-electron chi connectivity index (χ0n) is 18.3. The maximum absolute atomic E-state index is 12.8. The second-order valence-corrected chi connectivity index (χ2v) is 9.26. The van der Waals surface area contributed by atoms with E-state index < -0.39 is 17.8 Å². The maximum atomic E-state index is 12.8. The summed E-state index contributed by atoms with van der Waals surface area (Å²) in [7, 11) is 0. The van der Waals surface area contributed by atoms with Gasteiger partial charge in [0.15, 0.2) is 6.10 Å². The molecule has 3 aliphatic rings. The van der Waals surface area contributed by atoms with Crippen molar-refractivity contribution < 1.29 is 19.4 Å². The van der Waals surface area contributed by atoms with E-state index in [1.54, 1.807) is 32.0 Å². The standard InChI is InChI=1S/C25H25N3O4/c1-14-6-4-5-7-16(14)13-28-24(30)18-11-17(18)23(27-28)31-21-19-10-15(12-26)8-9-20(19)32-25(2,3)22(21)29/h4-10,17-18,21-22,29H,11,13H2,1-3H3/t17-,18+,21-,22+/m1/s1. The monoisotopic (exact) mass is 431 g/mol. The average molecular weight is 431 g/mol. The molecule has 1 fully saturated rings. The Morgan fingerprint density at radius 1 is 1.28 bits per heavy atom. The van der Waals surface area contributed by atoms with Crippen LogP contribution in [0.2, 0.25) is 0 Å². The van der Waals surface area contributed by atoms with E-state index >= 15 is 0 Å². The number of ether oxygens (including phenoxy) is 2. The van der Waals surface area contributed by atoms with Gasteiger partial charge in [-0.2, -0.15) is 5.26 Å². The molecule has 32 heavy (non-hydrogen) atoms. The minimum absolute atomic E-state index is 0.00521. The molecule has 1 amide bonds. The Labute approximate surface area is 186 Å². The lowest BCUT2D eigenvalue weighted by Gasteiger charge is -2.42. The molecule has 0 saturated heterocycles. The van der Waals surface area contributed by atoms with E-state index in [1.165, 1.54) is 5.01 Å². The summed E-state index contributed by atoms with van der Waals surface area (Å²) in [4.78, 5) is 12.8. The fourth-order valence-corrected chi connectivity index (χ4v) is 4.42. The molecule has 7 nitrogen and oxygen atoms in total. The van der Waals surface area contributed by atoms with Gasteiger partial charge < -0.3 is 14.6 Å². The number of hydrazone groups is 1. The van der Waals surface area contributed by atoms with Gasteiger partial charge in [0.25, 0.3) is 0 Å². The largest absolute Gasteiger partial charge is 0.485 e. The number of hydrogen-bond donors (Lipinski definition) is 1. The van der Waals surface area contributed by atoms with Crippen LogP contribution in [-0.2, 0) is 16.1 Å². The molecule has 5 rings (SSSR count). The van der Waals surface area contributed by atoms with Crippen molar-refractivity contribution in [3.63, 3.8) is 0 Å². The molecule has 0 radical (unpaired) electrons. The number of rotatable bonds is 3. The molecule has 2 aromatic carbocycles. The topological polar surface area (TPSA) is 95.2 Å². The third kappa shape index (κ3) is 3.41. The van der Waals surface area contributed by atoms with Crippen LogP contribution in [0, 0.1) is 30.1 Å². The molecule has 7 heteroatoms. The normalized spacial score (nSPS) is 27.4. The summed E-state index contributed by atoms with van der Waals surface area (Å²) in [6, 6.07) is 15.1. The van der Waals surface area contributed by atoms with Crippen molar-refractivity contribution >= 4 is 11.8 Å². The van der Waals surface area contributed by atoms with Crippen LogP contribution in [0.25, 0.3) is 0 Å². The fraction of sp³-hybridized carbons (Fsp3) is 0.400. The van der Waals surface area contributed by atoms with E-state index in [-0.39, 0.29) is 17.7 Å². The van der Waals surface area contributed by atoms with Crippen molar-refractivity contribution in [2.75, 3.05) is 0 Å². The first-order chi connectivity index (χ1) is 15.3. The summed E-state index contributed by atoms with van der Waals surface area (Å²) in [5.74, 6) is 0.822. The summed E-state index contributed by atoms with van der Waals surface area (Å²) in [6.07, 6.45) is -1.04. The minimum Gasteiger partial charge on any atom is -0.485 e. The van der Waals surface area contributed by atoms with Gasteiger partial charge in [-0.15, -0.1) is 5.10 Å². The average Bonchev–Trinajstić information content (AvgIpc) is 3.57. The highest BCUT2D eigenvalue weighted by molar-refractivity contribution is 5.96. The quantitative estimate of drug-likeness (QED) is 0.803. The molecule has 0 spiro atoms. The zero-order chi connectivity index (χ0) is 22.6. The summed E-state index contributed by atoms with van der Waals surface area (Å²) < 4.78 is 12.3. The Bertz CT molecular complexity index is 1170. The number of amides is 1. The molecule has 2 heterocycles. The van der Waals surface area contributed by atoms with E-state index in [1.807, 2.05) is 31.2 Å². The molecule has 0 unspecified atom stereocenters. The first-order valence-corrected chi connectivity index (χ1v) is 10.8. The van der Waals surface area contributed by atoms with Crippen molar-refractivity contribution in [2.24, 2.45) is 16.9 Å². The number of hydrogen-bond acceptors (Lipinski definition) is 6. The van der Waals surface area contributed by atoms with Crippen molar-refractivity contribution in [1.82, 2.24) is 5.01 Å². The van der Waals surface area contributed by atoms with Gasteiger partial charge in [0.05, 0.1) is 24.1 Å². The SMILES string of the molecule is Cc1ccccc1CN1N=C(O[C@@H]2c3cc(C#N)ccc3OC(C)(C)[C@H]2O)[C@@H]2C[C@@H]2C1=O. The summed E-state index contributed by atoms with van der Waals surface area (Å²) in [5, 5.41) is 26.4.